The molecule has 0 fully saturated rings. The minimum Gasteiger partial charge on any atom is -0.501 e. The molecule has 5 rings (SSSR count). The van der Waals surface area contributed by atoms with Gasteiger partial charge in [0.1, 0.15) is 0 Å². The molecule has 0 aliphatic rings. The number of hydrogen-bond acceptors (Lipinski definition) is 12. The maximum Gasteiger partial charge on any atom is 0.264 e. The van der Waals surface area contributed by atoms with Crippen LogP contribution < -0.4 is 9.44 Å². The summed E-state index contributed by atoms with van der Waals surface area (Å²) in [4.78, 5) is -0.00941. The van der Waals surface area contributed by atoms with Crippen LogP contribution in [0.15, 0.2) is 89.7 Å². The Balaban J connectivity index is 0.000000189. The molecule has 0 aliphatic heterocycles. The molecule has 0 amide bonds. The van der Waals surface area contributed by atoms with Crippen molar-refractivity contribution in [1.29, 1.82) is 0 Å². The molecule has 0 aliphatic carbocycles. The van der Waals surface area contributed by atoms with E-state index < -0.39 is 54.8 Å². The van der Waals surface area contributed by atoms with Gasteiger partial charge in [0.25, 0.3) is 21.8 Å². The second-order valence-electron chi connectivity index (χ2n) is 7.79. The van der Waals surface area contributed by atoms with Crippen LogP contribution in [0.25, 0.3) is 23.0 Å². The Labute approximate surface area is 226 Å². The van der Waals surface area contributed by atoms with E-state index >= 15 is 0 Å². The van der Waals surface area contributed by atoms with Gasteiger partial charge in [-0.25, -0.2) is 26.3 Å². The third-order valence-electron chi connectivity index (χ3n) is 5.12. The van der Waals surface area contributed by atoms with Crippen molar-refractivity contribution in [3.63, 3.8) is 0 Å². The highest BCUT2D eigenvalue weighted by Crippen LogP contribution is 2.46. The lowest BCUT2D eigenvalue weighted by molar-refractivity contribution is 0.409. The molecule has 6 N–H and O–H groups in total. The van der Waals surface area contributed by atoms with Gasteiger partial charge in [-0.1, -0.05) is 18.2 Å². The molecule has 1 aromatic carbocycles. The van der Waals surface area contributed by atoms with Gasteiger partial charge in [-0.05, 0) is 43.3 Å². The SMILES string of the molecule is CCS(=O)(=O)Nc1oc(-c2ccco2)c(O)c1O.O=S(=O)(Nc1oc(-c2ccco2)c(O)c1O)c1ccccc1. The average Bonchev–Trinajstić information content (AvgIpc) is 3.74. The monoisotopic (exact) mass is 594 g/mol. The van der Waals surface area contributed by atoms with Crippen molar-refractivity contribution < 1.29 is 54.9 Å². The van der Waals surface area contributed by atoms with E-state index in [0.717, 1.165) is 0 Å². The summed E-state index contributed by atoms with van der Waals surface area (Å²) in [6, 6.07) is 13.7. The molecule has 0 unspecified atom stereocenters. The highest BCUT2D eigenvalue weighted by molar-refractivity contribution is 7.93. The van der Waals surface area contributed by atoms with Crippen LogP contribution in [-0.2, 0) is 20.0 Å². The summed E-state index contributed by atoms with van der Waals surface area (Å²) in [7, 11) is -7.57. The lowest BCUT2D eigenvalue weighted by atomic mass is 10.3. The Bertz CT molecular complexity index is 1790. The zero-order valence-corrected chi connectivity index (χ0v) is 22.1. The van der Waals surface area contributed by atoms with Gasteiger partial charge in [-0.3, -0.25) is 0 Å². The molecule has 16 heteroatoms. The molecule has 4 aromatic heterocycles. The fourth-order valence-electron chi connectivity index (χ4n) is 3.11. The third kappa shape index (κ3) is 5.87. The van der Waals surface area contributed by atoms with E-state index in [4.69, 9.17) is 17.7 Å². The largest absolute Gasteiger partial charge is 0.501 e. The number of furan rings is 4. The summed E-state index contributed by atoms with van der Waals surface area (Å²) in [6.45, 7) is 1.43. The molecule has 0 bridgehead atoms. The summed E-state index contributed by atoms with van der Waals surface area (Å²) in [5, 5.41) is 38.8. The summed E-state index contributed by atoms with van der Waals surface area (Å²) < 4.78 is 71.4. The Morgan fingerprint density at radius 2 is 1.12 bits per heavy atom. The van der Waals surface area contributed by atoms with Crippen molar-refractivity contribution in [3.05, 3.63) is 67.1 Å². The smallest absolute Gasteiger partial charge is 0.264 e. The molecule has 0 spiro atoms. The van der Waals surface area contributed by atoms with Crippen LogP contribution >= 0.6 is 0 Å². The topological polar surface area (TPSA) is 226 Å². The van der Waals surface area contributed by atoms with E-state index in [1.165, 1.54) is 43.7 Å². The van der Waals surface area contributed by atoms with Gasteiger partial charge >= 0.3 is 0 Å². The van der Waals surface area contributed by atoms with Crippen LogP contribution in [0.1, 0.15) is 6.92 Å². The van der Waals surface area contributed by atoms with Crippen molar-refractivity contribution in [2.75, 3.05) is 15.2 Å². The third-order valence-corrected chi connectivity index (χ3v) is 7.72. The number of nitrogens with one attached hydrogen (secondary N) is 2. The Morgan fingerprint density at radius 3 is 1.55 bits per heavy atom. The Hall–Kier alpha value is -4.96. The van der Waals surface area contributed by atoms with Crippen LogP contribution in [0.2, 0.25) is 0 Å². The first kappa shape index (κ1) is 28.1. The summed E-state index contributed by atoms with van der Waals surface area (Å²) >= 11 is 0. The number of sulfonamides is 2. The average molecular weight is 595 g/mol. The van der Waals surface area contributed by atoms with Crippen molar-refractivity contribution in [1.82, 2.24) is 0 Å². The molecule has 5 aromatic rings. The van der Waals surface area contributed by atoms with Crippen LogP contribution in [-0.4, -0.2) is 43.0 Å². The lowest BCUT2D eigenvalue weighted by Gasteiger charge is -2.05. The molecule has 40 heavy (non-hydrogen) atoms. The van der Waals surface area contributed by atoms with Gasteiger partial charge in [-0.2, -0.15) is 0 Å². The van der Waals surface area contributed by atoms with Gasteiger partial charge in [0.2, 0.25) is 44.5 Å². The maximum absolute atomic E-state index is 12.2. The predicted molar refractivity (Wildman–Crippen MR) is 140 cm³/mol. The van der Waals surface area contributed by atoms with E-state index in [-0.39, 0.29) is 33.7 Å². The Kier molecular flexibility index (Phi) is 7.74. The standard InChI is InChI=1S/C14H11NO6S.C10H11NO6S/c16-11-12(17)14(21-13(11)10-7-4-8-20-10)15-22(18,19)9-5-2-1-3-6-9;1-2-18(14,15)11-10-8(13)7(12)9(17-10)6-4-3-5-16-6/h1-8,15-17H;3-5,11-13H,2H2,1H3. The van der Waals surface area contributed by atoms with Gasteiger partial charge in [0.05, 0.1) is 23.2 Å². The number of hydrogen-bond donors (Lipinski definition) is 6. The van der Waals surface area contributed by atoms with Gasteiger partial charge in [0.15, 0.2) is 11.5 Å². The molecular weight excluding hydrogens is 572 g/mol. The van der Waals surface area contributed by atoms with Crippen molar-refractivity contribution >= 4 is 31.8 Å². The molecule has 212 valence electrons. The van der Waals surface area contributed by atoms with Crippen molar-refractivity contribution in [2.24, 2.45) is 0 Å². The Morgan fingerprint density at radius 1 is 0.650 bits per heavy atom. The number of aromatic hydroxyl groups is 4. The maximum atomic E-state index is 12.2. The second-order valence-corrected chi connectivity index (χ2v) is 11.5. The van der Waals surface area contributed by atoms with Crippen LogP contribution in [0.5, 0.6) is 23.0 Å². The normalized spacial score (nSPS) is 11.5. The molecule has 0 saturated heterocycles. The molecule has 0 atom stereocenters. The fourth-order valence-corrected chi connectivity index (χ4v) is 4.69. The van der Waals surface area contributed by atoms with Gasteiger partial charge in [0, 0.05) is 0 Å². The molecule has 4 heterocycles. The first-order valence-corrected chi connectivity index (χ1v) is 14.3. The number of anilines is 2. The quantitative estimate of drug-likeness (QED) is 0.146. The first-order valence-electron chi connectivity index (χ1n) is 11.2. The first-order chi connectivity index (χ1) is 18.9. The van der Waals surface area contributed by atoms with Crippen molar-refractivity contribution in [3.8, 4) is 46.0 Å². The summed E-state index contributed by atoms with van der Waals surface area (Å²) in [5.74, 6) is -3.72. The van der Waals surface area contributed by atoms with Crippen molar-refractivity contribution in [2.45, 2.75) is 11.8 Å². The molecule has 0 saturated carbocycles. The lowest BCUT2D eigenvalue weighted by Crippen LogP contribution is -2.14. The summed E-state index contributed by atoms with van der Waals surface area (Å²) in [5.41, 5.74) is 0. The second kappa shape index (κ2) is 11.0. The zero-order chi connectivity index (χ0) is 29.1. The van der Waals surface area contributed by atoms with E-state index in [9.17, 15) is 37.3 Å². The summed E-state index contributed by atoms with van der Waals surface area (Å²) in [6.07, 6.45) is 2.70. The minimum absolute atomic E-state index is 0.00941. The molecule has 0 radical (unpaired) electrons. The van der Waals surface area contributed by atoms with Gasteiger partial charge < -0.3 is 38.1 Å². The van der Waals surface area contributed by atoms with E-state index in [1.807, 2.05) is 4.72 Å². The van der Waals surface area contributed by atoms with Crippen LogP contribution in [0.4, 0.5) is 11.8 Å². The predicted octanol–water partition coefficient (Wildman–Crippen LogP) is 4.46. The van der Waals surface area contributed by atoms with Gasteiger partial charge in [-0.15, -0.1) is 0 Å². The van der Waals surface area contributed by atoms with E-state index in [2.05, 4.69) is 4.72 Å². The minimum atomic E-state index is -3.95. The van der Waals surface area contributed by atoms with E-state index in [0.29, 0.717) is 0 Å². The molecule has 14 nitrogen and oxygen atoms in total. The highest BCUT2D eigenvalue weighted by atomic mass is 32.2. The number of rotatable bonds is 8. The zero-order valence-electron chi connectivity index (χ0n) is 20.4. The van der Waals surface area contributed by atoms with Crippen LogP contribution in [0, 0.1) is 0 Å². The fraction of sp³-hybridized carbons (Fsp3) is 0.0833. The van der Waals surface area contributed by atoms with Crippen LogP contribution in [0.3, 0.4) is 0 Å². The molecular formula is C24H22N2O12S2. The highest BCUT2D eigenvalue weighted by Gasteiger charge is 2.27. The number of benzene rings is 1. The van der Waals surface area contributed by atoms with E-state index in [1.54, 1.807) is 30.3 Å².